The molecule has 0 heterocycles. The smallest absolute Gasteiger partial charge is 0.261 e. The predicted octanol–water partition coefficient (Wildman–Crippen LogP) is 4.64. The lowest BCUT2D eigenvalue weighted by atomic mass is 10.2. The van der Waals surface area contributed by atoms with E-state index in [4.69, 9.17) is 0 Å². The number of hydrazone groups is 1. The summed E-state index contributed by atoms with van der Waals surface area (Å²) in [6, 6.07) is 26.3. The molecule has 0 fully saturated rings. The summed E-state index contributed by atoms with van der Waals surface area (Å²) < 4.78 is 0. The second-order valence-electron chi connectivity index (χ2n) is 5.47. The van der Waals surface area contributed by atoms with Gasteiger partial charge in [0.2, 0.25) is 0 Å². The highest BCUT2D eigenvalue weighted by molar-refractivity contribution is 5.80. The van der Waals surface area contributed by atoms with Crippen LogP contribution in [0.4, 0.5) is 11.4 Å². The van der Waals surface area contributed by atoms with Crippen LogP contribution in [0.15, 0.2) is 90.0 Å². The van der Waals surface area contributed by atoms with Crippen LogP contribution in [-0.2, 0) is 6.54 Å². The van der Waals surface area contributed by atoms with E-state index in [1.54, 1.807) is 18.3 Å². The van der Waals surface area contributed by atoms with Crippen molar-refractivity contribution in [1.82, 2.24) is 0 Å². The molecule has 0 aliphatic carbocycles. The second-order valence-corrected chi connectivity index (χ2v) is 5.47. The van der Waals surface area contributed by atoms with E-state index >= 15 is 0 Å². The maximum atomic E-state index is 10.7. The molecule has 0 atom stereocenters. The number of hydrogen-bond donors (Lipinski definition) is 0. The molecular weight excluding hydrogens is 314 g/mol. The molecule has 3 aromatic carbocycles. The van der Waals surface area contributed by atoms with Crippen LogP contribution < -0.4 is 5.01 Å². The maximum absolute atomic E-state index is 10.7. The monoisotopic (exact) mass is 331 g/mol. The molecule has 0 unspecified atom stereocenters. The molecule has 0 aliphatic rings. The Balaban J connectivity index is 1.83. The molecule has 0 spiro atoms. The van der Waals surface area contributed by atoms with Gasteiger partial charge in [0.15, 0.2) is 0 Å². The molecule has 0 aromatic heterocycles. The number of nitrogens with zero attached hydrogens (tertiary/aromatic N) is 3. The van der Waals surface area contributed by atoms with Crippen molar-refractivity contribution in [1.29, 1.82) is 0 Å². The van der Waals surface area contributed by atoms with E-state index in [2.05, 4.69) is 17.2 Å². The highest BCUT2D eigenvalue weighted by Gasteiger charge is 2.06. The quantitative estimate of drug-likeness (QED) is 0.376. The lowest BCUT2D eigenvalue weighted by Gasteiger charge is -2.19. The van der Waals surface area contributed by atoms with E-state index in [-0.39, 0.29) is 5.69 Å². The van der Waals surface area contributed by atoms with Crippen molar-refractivity contribution in [3.8, 4) is 0 Å². The fraction of sp³-hybridized carbons (Fsp3) is 0.0500. The first-order chi connectivity index (χ1) is 12.2. The summed E-state index contributed by atoms with van der Waals surface area (Å²) in [5, 5.41) is 17.2. The Morgan fingerprint density at radius 2 is 1.48 bits per heavy atom. The predicted molar refractivity (Wildman–Crippen MR) is 99.8 cm³/mol. The first-order valence-corrected chi connectivity index (χ1v) is 7.87. The molecule has 0 N–H and O–H groups in total. The number of anilines is 1. The van der Waals surface area contributed by atoms with Crippen molar-refractivity contribution in [2.45, 2.75) is 6.54 Å². The van der Waals surface area contributed by atoms with Gasteiger partial charge in [-0.1, -0.05) is 48.5 Å². The van der Waals surface area contributed by atoms with Gasteiger partial charge in [0, 0.05) is 12.1 Å². The third-order valence-electron chi connectivity index (χ3n) is 3.68. The van der Waals surface area contributed by atoms with Crippen molar-refractivity contribution in [2.75, 3.05) is 5.01 Å². The second kappa shape index (κ2) is 7.88. The Morgan fingerprint density at radius 3 is 2.08 bits per heavy atom. The van der Waals surface area contributed by atoms with Crippen LogP contribution in [0.1, 0.15) is 11.1 Å². The minimum Gasteiger partial charge on any atom is -0.261 e. The van der Waals surface area contributed by atoms with E-state index in [9.17, 15) is 10.1 Å². The van der Waals surface area contributed by atoms with Crippen molar-refractivity contribution >= 4 is 17.6 Å². The fourth-order valence-corrected chi connectivity index (χ4v) is 2.37. The summed E-state index contributed by atoms with van der Waals surface area (Å²) in [5.74, 6) is 0. The first-order valence-electron chi connectivity index (χ1n) is 7.87. The number of nitro groups is 1. The molecule has 0 amide bonds. The Labute approximate surface area is 146 Å². The summed E-state index contributed by atoms with van der Waals surface area (Å²) in [7, 11) is 0. The molecule has 0 bridgehead atoms. The Hall–Kier alpha value is -3.47. The van der Waals surface area contributed by atoms with E-state index in [0.717, 1.165) is 16.8 Å². The van der Waals surface area contributed by atoms with Crippen LogP contribution in [0, 0.1) is 10.1 Å². The number of rotatable bonds is 6. The molecule has 5 heteroatoms. The summed E-state index contributed by atoms with van der Waals surface area (Å²) in [6.45, 7) is 0.633. The van der Waals surface area contributed by atoms with Gasteiger partial charge in [-0.2, -0.15) is 5.10 Å². The highest BCUT2D eigenvalue weighted by Crippen LogP contribution is 2.17. The Morgan fingerprint density at radius 1 is 0.880 bits per heavy atom. The molecule has 0 radical (unpaired) electrons. The normalized spacial score (nSPS) is 10.7. The summed E-state index contributed by atoms with van der Waals surface area (Å²) in [6.07, 6.45) is 1.71. The standard InChI is InChI=1S/C20H17N3O2/c24-23(25)20-13-11-17(12-14-20)15-21-22(19-9-5-2-6-10-19)16-18-7-3-1-4-8-18/h1-15H,16H2. The first kappa shape index (κ1) is 16.4. The van der Waals surface area contributed by atoms with Crippen LogP contribution in [0.5, 0.6) is 0 Å². The third kappa shape index (κ3) is 4.51. The molecule has 5 nitrogen and oxygen atoms in total. The topological polar surface area (TPSA) is 58.7 Å². The number of nitro benzene ring substituents is 1. The average Bonchev–Trinajstić information content (AvgIpc) is 2.67. The van der Waals surface area contributed by atoms with Crippen LogP contribution >= 0.6 is 0 Å². The van der Waals surface area contributed by atoms with E-state index in [1.807, 2.05) is 53.5 Å². The summed E-state index contributed by atoms with van der Waals surface area (Å²) in [4.78, 5) is 10.3. The van der Waals surface area contributed by atoms with Gasteiger partial charge in [-0.3, -0.25) is 15.1 Å². The third-order valence-corrected chi connectivity index (χ3v) is 3.68. The summed E-state index contributed by atoms with van der Waals surface area (Å²) >= 11 is 0. The van der Waals surface area contributed by atoms with Crippen LogP contribution in [0.3, 0.4) is 0 Å². The zero-order valence-electron chi connectivity index (χ0n) is 13.5. The number of non-ortho nitro benzene ring substituents is 1. The lowest BCUT2D eigenvalue weighted by molar-refractivity contribution is -0.384. The molecule has 0 saturated carbocycles. The molecule has 3 aromatic rings. The van der Waals surface area contributed by atoms with Gasteiger partial charge in [-0.25, -0.2) is 0 Å². The molecule has 0 aliphatic heterocycles. The zero-order chi connectivity index (χ0) is 17.5. The van der Waals surface area contributed by atoms with Crippen molar-refractivity contribution < 1.29 is 4.92 Å². The van der Waals surface area contributed by atoms with Crippen LogP contribution in [0.25, 0.3) is 0 Å². The van der Waals surface area contributed by atoms with Gasteiger partial charge in [0.25, 0.3) is 5.69 Å². The summed E-state index contributed by atoms with van der Waals surface area (Å²) in [5.41, 5.74) is 3.00. The fourth-order valence-electron chi connectivity index (χ4n) is 2.37. The Kier molecular flexibility index (Phi) is 5.16. The zero-order valence-corrected chi connectivity index (χ0v) is 13.5. The SMILES string of the molecule is O=[N+]([O-])c1ccc(C=NN(Cc2ccccc2)c2ccccc2)cc1. The van der Waals surface area contributed by atoms with Crippen LogP contribution in [-0.4, -0.2) is 11.1 Å². The van der Waals surface area contributed by atoms with E-state index in [1.165, 1.54) is 12.1 Å². The molecule has 124 valence electrons. The minimum atomic E-state index is -0.410. The van der Waals surface area contributed by atoms with E-state index in [0.29, 0.717) is 6.54 Å². The van der Waals surface area contributed by atoms with E-state index < -0.39 is 4.92 Å². The Bertz CT molecular complexity index is 847. The number of para-hydroxylation sites is 1. The molecular formula is C20H17N3O2. The van der Waals surface area contributed by atoms with Crippen LogP contribution in [0.2, 0.25) is 0 Å². The lowest BCUT2D eigenvalue weighted by Crippen LogP contribution is -2.15. The number of hydrogen-bond acceptors (Lipinski definition) is 4. The number of benzene rings is 3. The van der Waals surface area contributed by atoms with Gasteiger partial charge < -0.3 is 0 Å². The molecule has 0 saturated heterocycles. The van der Waals surface area contributed by atoms with Gasteiger partial charge in [-0.05, 0) is 35.4 Å². The van der Waals surface area contributed by atoms with Crippen molar-refractivity contribution in [3.05, 3.63) is 106 Å². The van der Waals surface area contributed by atoms with Gasteiger partial charge >= 0.3 is 0 Å². The minimum absolute atomic E-state index is 0.0707. The highest BCUT2D eigenvalue weighted by atomic mass is 16.6. The molecule has 3 rings (SSSR count). The maximum Gasteiger partial charge on any atom is 0.269 e. The largest absolute Gasteiger partial charge is 0.269 e. The molecule has 25 heavy (non-hydrogen) atoms. The van der Waals surface area contributed by atoms with Gasteiger partial charge in [0.1, 0.15) is 0 Å². The van der Waals surface area contributed by atoms with Crippen molar-refractivity contribution in [2.24, 2.45) is 5.10 Å². The van der Waals surface area contributed by atoms with Crippen molar-refractivity contribution in [3.63, 3.8) is 0 Å². The van der Waals surface area contributed by atoms with Gasteiger partial charge in [-0.15, -0.1) is 0 Å². The van der Waals surface area contributed by atoms with Gasteiger partial charge in [0.05, 0.1) is 23.4 Å². The average molecular weight is 331 g/mol.